The monoisotopic (exact) mass is 214 g/mol. The lowest BCUT2D eigenvalue weighted by Crippen LogP contribution is -2.10. The summed E-state index contributed by atoms with van der Waals surface area (Å²) < 4.78 is 4.85. The van der Waals surface area contributed by atoms with Gasteiger partial charge in [0.25, 0.3) is 0 Å². The maximum atomic E-state index is 10.6. The Hall–Kier alpha value is -0.530. The van der Waals surface area contributed by atoms with Crippen LogP contribution in [0.25, 0.3) is 0 Å². The van der Waals surface area contributed by atoms with Crippen molar-refractivity contribution in [1.29, 1.82) is 0 Å². The molecule has 0 radical (unpaired) electrons. The molecule has 0 atom stereocenters. The van der Waals surface area contributed by atoms with Gasteiger partial charge in [-0.05, 0) is 20.3 Å². The average molecular weight is 214 g/mol. The highest BCUT2D eigenvalue weighted by atomic mass is 16.5. The van der Waals surface area contributed by atoms with Crippen LogP contribution in [0, 0.1) is 0 Å². The summed E-state index contributed by atoms with van der Waals surface area (Å²) in [5, 5.41) is 0. The Bertz CT molecular complexity index is 137. The van der Waals surface area contributed by atoms with Crippen LogP contribution < -0.4 is 0 Å². The molecule has 1 saturated carbocycles. The zero-order valence-electron chi connectivity index (χ0n) is 10.6. The molecule has 0 N–H and O–H groups in total. The fourth-order valence-corrected chi connectivity index (χ4v) is 1.59. The molecular weight excluding hydrogens is 188 g/mol. The molecular formula is C13H26O2. The van der Waals surface area contributed by atoms with Gasteiger partial charge in [0.2, 0.25) is 0 Å². The van der Waals surface area contributed by atoms with Crippen LogP contribution >= 0.6 is 0 Å². The summed E-state index contributed by atoms with van der Waals surface area (Å²) >= 11 is 0. The summed E-state index contributed by atoms with van der Waals surface area (Å²) in [6, 6.07) is 0. The van der Waals surface area contributed by atoms with E-state index >= 15 is 0 Å². The van der Waals surface area contributed by atoms with Crippen molar-refractivity contribution >= 4 is 5.97 Å². The summed E-state index contributed by atoms with van der Waals surface area (Å²) in [5.74, 6) is -0.0903. The van der Waals surface area contributed by atoms with Gasteiger partial charge in [0.1, 0.15) is 0 Å². The molecule has 1 aliphatic rings. The average Bonchev–Trinajstić information content (AvgIpc) is 2.20. The number of carbonyl (C=O) groups excluding carboxylic acids is 1. The minimum absolute atomic E-state index is 0.0315. The number of rotatable bonds is 3. The van der Waals surface area contributed by atoms with Crippen LogP contribution in [0.4, 0.5) is 0 Å². The molecule has 1 fully saturated rings. The van der Waals surface area contributed by atoms with Crippen molar-refractivity contribution in [2.45, 2.75) is 78.2 Å². The van der Waals surface area contributed by atoms with Crippen LogP contribution in [0.3, 0.4) is 0 Å². The van der Waals surface area contributed by atoms with Crippen molar-refractivity contribution in [3.63, 3.8) is 0 Å². The fraction of sp³-hybridized carbons (Fsp3) is 0.923. The van der Waals surface area contributed by atoms with Crippen LogP contribution in [0.5, 0.6) is 0 Å². The number of hydrogen-bond donors (Lipinski definition) is 0. The molecule has 15 heavy (non-hydrogen) atoms. The standard InChI is InChI=1S/C7H14O2.C6H12/c1-4-5-7(8)9-6(2)3;1-2-4-6-5-3-1/h6H,4-5H2,1-3H3;1-6H2. The summed E-state index contributed by atoms with van der Waals surface area (Å²) in [7, 11) is 0. The molecule has 0 aromatic carbocycles. The highest BCUT2D eigenvalue weighted by Gasteiger charge is 2.01. The van der Waals surface area contributed by atoms with Gasteiger partial charge in [0.05, 0.1) is 6.10 Å². The summed E-state index contributed by atoms with van der Waals surface area (Å²) in [6.45, 7) is 5.67. The second kappa shape index (κ2) is 10.0. The second-order valence-electron chi connectivity index (χ2n) is 4.41. The molecule has 0 unspecified atom stereocenters. The van der Waals surface area contributed by atoms with E-state index < -0.39 is 0 Å². The maximum absolute atomic E-state index is 10.6. The second-order valence-corrected chi connectivity index (χ2v) is 4.41. The van der Waals surface area contributed by atoms with Crippen LogP contribution in [0.1, 0.15) is 72.1 Å². The molecule has 0 saturated heterocycles. The van der Waals surface area contributed by atoms with Crippen molar-refractivity contribution in [2.75, 3.05) is 0 Å². The molecule has 0 spiro atoms. The minimum atomic E-state index is -0.0903. The lowest BCUT2D eigenvalue weighted by Gasteiger charge is -2.05. The third kappa shape index (κ3) is 11.4. The van der Waals surface area contributed by atoms with E-state index in [1.165, 1.54) is 38.5 Å². The lowest BCUT2D eigenvalue weighted by molar-refractivity contribution is -0.147. The van der Waals surface area contributed by atoms with E-state index in [4.69, 9.17) is 4.74 Å². The smallest absolute Gasteiger partial charge is 0.306 e. The summed E-state index contributed by atoms with van der Waals surface area (Å²) in [6.07, 6.45) is 10.4. The predicted octanol–water partition coefficient (Wildman–Crippen LogP) is 4.08. The molecule has 0 amide bonds. The van der Waals surface area contributed by atoms with Gasteiger partial charge >= 0.3 is 5.97 Å². The van der Waals surface area contributed by atoms with Gasteiger partial charge in [-0.1, -0.05) is 45.4 Å². The van der Waals surface area contributed by atoms with Gasteiger partial charge in [-0.3, -0.25) is 4.79 Å². The quantitative estimate of drug-likeness (QED) is 0.662. The highest BCUT2D eigenvalue weighted by molar-refractivity contribution is 5.69. The maximum Gasteiger partial charge on any atom is 0.306 e. The normalized spacial score (nSPS) is 15.5. The first-order valence-corrected chi connectivity index (χ1v) is 6.36. The van der Waals surface area contributed by atoms with E-state index in [1.54, 1.807) is 0 Å². The molecule has 90 valence electrons. The van der Waals surface area contributed by atoms with E-state index in [9.17, 15) is 4.79 Å². The molecule has 0 heterocycles. The van der Waals surface area contributed by atoms with Crippen LogP contribution in [-0.4, -0.2) is 12.1 Å². The lowest BCUT2D eigenvalue weighted by atomic mass is 10.0. The van der Waals surface area contributed by atoms with Gasteiger partial charge in [0, 0.05) is 6.42 Å². The first-order chi connectivity index (χ1) is 7.16. The Morgan fingerprint density at radius 3 is 1.73 bits per heavy atom. The number of hydrogen-bond acceptors (Lipinski definition) is 2. The first-order valence-electron chi connectivity index (χ1n) is 6.36. The number of esters is 1. The van der Waals surface area contributed by atoms with Gasteiger partial charge in [-0.2, -0.15) is 0 Å². The van der Waals surface area contributed by atoms with Gasteiger partial charge in [-0.25, -0.2) is 0 Å². The molecule has 0 aromatic rings. The van der Waals surface area contributed by atoms with Crippen LogP contribution in [-0.2, 0) is 9.53 Å². The summed E-state index contributed by atoms with van der Waals surface area (Å²) in [4.78, 5) is 10.6. The van der Waals surface area contributed by atoms with Gasteiger partial charge in [0.15, 0.2) is 0 Å². The Kier molecular flexibility index (Phi) is 9.65. The zero-order chi connectivity index (χ0) is 11.5. The molecule has 2 nitrogen and oxygen atoms in total. The number of carbonyl (C=O) groups is 1. The minimum Gasteiger partial charge on any atom is -0.463 e. The van der Waals surface area contributed by atoms with E-state index in [-0.39, 0.29) is 12.1 Å². The van der Waals surface area contributed by atoms with Crippen LogP contribution in [0.15, 0.2) is 0 Å². The van der Waals surface area contributed by atoms with Crippen molar-refractivity contribution in [3.8, 4) is 0 Å². The Morgan fingerprint density at radius 1 is 1.07 bits per heavy atom. The topological polar surface area (TPSA) is 26.3 Å². The first kappa shape index (κ1) is 14.5. The molecule has 0 bridgehead atoms. The molecule has 0 aliphatic heterocycles. The predicted molar refractivity (Wildman–Crippen MR) is 63.8 cm³/mol. The largest absolute Gasteiger partial charge is 0.463 e. The van der Waals surface area contributed by atoms with Gasteiger partial charge < -0.3 is 4.74 Å². The highest BCUT2D eigenvalue weighted by Crippen LogP contribution is 2.15. The Labute approximate surface area is 94.4 Å². The third-order valence-electron chi connectivity index (χ3n) is 2.32. The van der Waals surface area contributed by atoms with E-state index in [0.29, 0.717) is 6.42 Å². The zero-order valence-corrected chi connectivity index (χ0v) is 10.6. The Morgan fingerprint density at radius 2 is 1.47 bits per heavy atom. The van der Waals surface area contributed by atoms with Crippen molar-refractivity contribution in [1.82, 2.24) is 0 Å². The summed E-state index contributed by atoms with van der Waals surface area (Å²) in [5.41, 5.74) is 0. The van der Waals surface area contributed by atoms with Crippen molar-refractivity contribution in [2.24, 2.45) is 0 Å². The Balaban J connectivity index is 0.000000280. The SMILES string of the molecule is C1CCCCC1.CCCC(=O)OC(C)C. The fourth-order valence-electron chi connectivity index (χ4n) is 1.59. The van der Waals surface area contributed by atoms with E-state index in [2.05, 4.69) is 0 Å². The number of ether oxygens (including phenoxy) is 1. The van der Waals surface area contributed by atoms with Crippen molar-refractivity contribution in [3.05, 3.63) is 0 Å². The van der Waals surface area contributed by atoms with E-state index in [1.807, 2.05) is 20.8 Å². The molecule has 0 aromatic heterocycles. The van der Waals surface area contributed by atoms with Crippen molar-refractivity contribution < 1.29 is 9.53 Å². The van der Waals surface area contributed by atoms with Gasteiger partial charge in [-0.15, -0.1) is 0 Å². The van der Waals surface area contributed by atoms with Crippen LogP contribution in [0.2, 0.25) is 0 Å². The molecule has 2 heteroatoms. The molecule has 1 rings (SSSR count). The molecule has 1 aliphatic carbocycles. The third-order valence-corrected chi connectivity index (χ3v) is 2.32. The van der Waals surface area contributed by atoms with E-state index in [0.717, 1.165) is 6.42 Å².